The lowest BCUT2D eigenvalue weighted by Gasteiger charge is -2.31. The van der Waals surface area contributed by atoms with E-state index in [1.165, 1.54) is 0 Å². The van der Waals surface area contributed by atoms with E-state index >= 15 is 0 Å². The van der Waals surface area contributed by atoms with Crippen LogP contribution >= 0.6 is 12.4 Å². The Morgan fingerprint density at radius 3 is 2.95 bits per heavy atom. The quantitative estimate of drug-likeness (QED) is 0.884. The number of nitrogens with zero attached hydrogens (tertiary/aromatic N) is 1. The summed E-state index contributed by atoms with van der Waals surface area (Å²) in [7, 11) is -3.38. The molecule has 0 saturated carbocycles. The lowest BCUT2D eigenvalue weighted by atomic mass is 10.2. The van der Waals surface area contributed by atoms with E-state index in [-0.39, 0.29) is 18.4 Å². The van der Waals surface area contributed by atoms with Crippen LogP contribution in [-0.2, 0) is 16.4 Å². The molecule has 3 rings (SSSR count). The van der Waals surface area contributed by atoms with Gasteiger partial charge in [0.15, 0.2) is 0 Å². The van der Waals surface area contributed by atoms with Gasteiger partial charge in [-0.05, 0) is 30.7 Å². The number of piperazine rings is 1. The zero-order valence-corrected chi connectivity index (χ0v) is 13.0. The second-order valence-electron chi connectivity index (χ2n) is 5.09. The predicted octanol–water partition coefficient (Wildman–Crippen LogP) is 1.03. The van der Waals surface area contributed by atoms with E-state index in [9.17, 15) is 8.42 Å². The average Bonchev–Trinajstić information content (AvgIpc) is 2.85. The van der Waals surface area contributed by atoms with E-state index in [0.29, 0.717) is 31.1 Å². The van der Waals surface area contributed by atoms with Crippen molar-refractivity contribution in [2.45, 2.75) is 24.3 Å². The van der Waals surface area contributed by atoms with Crippen molar-refractivity contribution in [3.8, 4) is 5.75 Å². The van der Waals surface area contributed by atoms with Gasteiger partial charge in [0.25, 0.3) is 0 Å². The summed E-state index contributed by atoms with van der Waals surface area (Å²) in [4.78, 5) is 0.380. The summed E-state index contributed by atoms with van der Waals surface area (Å²) in [5.74, 6) is 0.813. The lowest BCUT2D eigenvalue weighted by Crippen LogP contribution is -2.51. The van der Waals surface area contributed by atoms with Gasteiger partial charge < -0.3 is 10.1 Å². The molecular formula is C13H19ClN2O3S. The molecule has 2 aliphatic rings. The van der Waals surface area contributed by atoms with Gasteiger partial charge in [-0.1, -0.05) is 0 Å². The maximum atomic E-state index is 12.6. The summed E-state index contributed by atoms with van der Waals surface area (Å²) in [6.07, 6.45) is 0.788. The molecule has 7 heteroatoms. The van der Waals surface area contributed by atoms with Crippen LogP contribution in [0, 0.1) is 0 Å². The molecule has 1 aromatic carbocycles. The van der Waals surface area contributed by atoms with Gasteiger partial charge in [0.1, 0.15) is 5.75 Å². The Labute approximate surface area is 125 Å². The number of fused-ring (bicyclic) bond motifs is 1. The molecule has 1 N–H and O–H groups in total. The van der Waals surface area contributed by atoms with Crippen molar-refractivity contribution in [2.24, 2.45) is 0 Å². The fourth-order valence-electron chi connectivity index (χ4n) is 2.59. The van der Waals surface area contributed by atoms with E-state index in [1.54, 1.807) is 22.5 Å². The van der Waals surface area contributed by atoms with Gasteiger partial charge in [-0.3, -0.25) is 0 Å². The van der Waals surface area contributed by atoms with Crippen molar-refractivity contribution in [1.29, 1.82) is 0 Å². The van der Waals surface area contributed by atoms with Gasteiger partial charge in [-0.15, -0.1) is 12.4 Å². The molecule has 0 aliphatic carbocycles. The Balaban J connectivity index is 0.00000147. The number of sulfonamides is 1. The molecule has 0 amide bonds. The Morgan fingerprint density at radius 1 is 1.40 bits per heavy atom. The monoisotopic (exact) mass is 318 g/mol. The highest BCUT2D eigenvalue weighted by atomic mass is 35.5. The predicted molar refractivity (Wildman–Crippen MR) is 79.1 cm³/mol. The lowest BCUT2D eigenvalue weighted by molar-refractivity contribution is 0.310. The van der Waals surface area contributed by atoms with Crippen LogP contribution in [0.4, 0.5) is 0 Å². The number of hydrogen-bond acceptors (Lipinski definition) is 4. The maximum absolute atomic E-state index is 12.6. The minimum absolute atomic E-state index is 0. The smallest absolute Gasteiger partial charge is 0.243 e. The van der Waals surface area contributed by atoms with Crippen LogP contribution in [0.1, 0.15) is 12.5 Å². The molecule has 0 aromatic heterocycles. The van der Waals surface area contributed by atoms with Crippen LogP contribution < -0.4 is 10.1 Å². The van der Waals surface area contributed by atoms with Crippen LogP contribution in [-0.4, -0.2) is 45.0 Å². The van der Waals surface area contributed by atoms with Gasteiger partial charge in [-0.25, -0.2) is 8.42 Å². The van der Waals surface area contributed by atoms with E-state index in [2.05, 4.69) is 5.32 Å². The van der Waals surface area contributed by atoms with Crippen LogP contribution in [0.5, 0.6) is 5.75 Å². The van der Waals surface area contributed by atoms with Gasteiger partial charge in [0.05, 0.1) is 11.5 Å². The van der Waals surface area contributed by atoms with Crippen LogP contribution in [0.25, 0.3) is 0 Å². The van der Waals surface area contributed by atoms with Crippen molar-refractivity contribution >= 4 is 22.4 Å². The fourth-order valence-corrected chi connectivity index (χ4v) is 4.17. The highest BCUT2D eigenvalue weighted by Crippen LogP contribution is 2.29. The second-order valence-corrected chi connectivity index (χ2v) is 7.02. The Hall–Kier alpha value is -0.820. The second kappa shape index (κ2) is 5.89. The molecule has 5 nitrogen and oxygen atoms in total. The van der Waals surface area contributed by atoms with Gasteiger partial charge in [0, 0.05) is 32.1 Å². The third-order valence-electron chi connectivity index (χ3n) is 3.63. The minimum Gasteiger partial charge on any atom is -0.493 e. The molecule has 1 fully saturated rings. The van der Waals surface area contributed by atoms with Crippen molar-refractivity contribution in [3.63, 3.8) is 0 Å². The van der Waals surface area contributed by atoms with Crippen molar-refractivity contribution in [2.75, 3.05) is 26.2 Å². The molecule has 20 heavy (non-hydrogen) atoms. The fraction of sp³-hybridized carbons (Fsp3) is 0.538. The molecule has 0 unspecified atom stereocenters. The summed E-state index contributed by atoms with van der Waals surface area (Å²) in [6, 6.07) is 5.36. The van der Waals surface area contributed by atoms with E-state index in [1.807, 2.05) is 6.92 Å². The topological polar surface area (TPSA) is 58.6 Å². The molecular weight excluding hydrogens is 300 g/mol. The van der Waals surface area contributed by atoms with E-state index in [4.69, 9.17) is 4.74 Å². The molecule has 0 bridgehead atoms. The molecule has 1 atom stereocenters. The first-order valence-electron chi connectivity index (χ1n) is 6.56. The van der Waals surface area contributed by atoms with Crippen LogP contribution in [0.15, 0.2) is 23.1 Å². The number of nitrogens with one attached hydrogen (secondary N) is 1. The van der Waals surface area contributed by atoms with Gasteiger partial charge in [-0.2, -0.15) is 4.31 Å². The molecule has 1 saturated heterocycles. The number of ether oxygens (including phenoxy) is 1. The van der Waals surface area contributed by atoms with Gasteiger partial charge >= 0.3 is 0 Å². The normalized spacial score (nSPS) is 22.8. The minimum atomic E-state index is -3.38. The summed E-state index contributed by atoms with van der Waals surface area (Å²) in [5.41, 5.74) is 0.990. The van der Waals surface area contributed by atoms with Crippen LogP contribution in [0.3, 0.4) is 0 Å². The van der Waals surface area contributed by atoms with Crippen molar-refractivity contribution in [1.82, 2.24) is 9.62 Å². The summed E-state index contributed by atoms with van der Waals surface area (Å²) >= 11 is 0. The molecule has 112 valence electrons. The zero-order valence-electron chi connectivity index (χ0n) is 11.3. The number of hydrogen-bond donors (Lipinski definition) is 1. The van der Waals surface area contributed by atoms with Gasteiger partial charge in [0.2, 0.25) is 10.0 Å². The summed E-state index contributed by atoms with van der Waals surface area (Å²) in [6.45, 7) is 4.40. The third-order valence-corrected chi connectivity index (χ3v) is 5.49. The largest absolute Gasteiger partial charge is 0.493 e. The van der Waals surface area contributed by atoms with E-state index in [0.717, 1.165) is 17.7 Å². The first-order valence-corrected chi connectivity index (χ1v) is 8.00. The van der Waals surface area contributed by atoms with Crippen LogP contribution in [0.2, 0.25) is 0 Å². The Bertz CT molecular complexity index is 591. The molecule has 0 spiro atoms. The average molecular weight is 319 g/mol. The Kier molecular flexibility index (Phi) is 4.59. The van der Waals surface area contributed by atoms with Crippen molar-refractivity contribution in [3.05, 3.63) is 23.8 Å². The standard InChI is InChI=1S/C13H18N2O3S.ClH/c1-10-9-15(6-5-14-10)19(16,17)12-2-3-13-11(8-12)4-7-18-13;/h2-3,8,10,14H,4-7,9H2,1H3;1H/t10-;/m0./s1. The maximum Gasteiger partial charge on any atom is 0.243 e. The highest BCUT2D eigenvalue weighted by Gasteiger charge is 2.29. The zero-order chi connectivity index (χ0) is 13.5. The van der Waals surface area contributed by atoms with E-state index < -0.39 is 10.0 Å². The number of rotatable bonds is 2. The third kappa shape index (κ3) is 2.79. The number of halogens is 1. The highest BCUT2D eigenvalue weighted by molar-refractivity contribution is 7.89. The molecule has 2 aliphatic heterocycles. The Morgan fingerprint density at radius 2 is 2.20 bits per heavy atom. The first-order chi connectivity index (χ1) is 9.07. The SMILES string of the molecule is C[C@H]1CN(S(=O)(=O)c2ccc3c(c2)CCO3)CCN1.Cl. The molecule has 0 radical (unpaired) electrons. The first kappa shape index (κ1) is 15.6. The van der Waals surface area contributed by atoms with Crippen molar-refractivity contribution < 1.29 is 13.2 Å². The summed E-state index contributed by atoms with van der Waals surface area (Å²) in [5, 5.41) is 3.25. The molecule has 1 aromatic rings. The summed E-state index contributed by atoms with van der Waals surface area (Å²) < 4.78 is 32.2. The molecule has 2 heterocycles. The number of benzene rings is 1.